The fourth-order valence-corrected chi connectivity index (χ4v) is 2.19. The van der Waals surface area contributed by atoms with Crippen molar-refractivity contribution in [2.24, 2.45) is 23.7 Å². The Bertz CT molecular complexity index is 110. The maximum Gasteiger partial charge on any atom is -0.0380 e. The van der Waals surface area contributed by atoms with Crippen molar-refractivity contribution in [2.75, 3.05) is 0 Å². The molecule has 0 heterocycles. The summed E-state index contributed by atoms with van der Waals surface area (Å²) in [6.45, 7) is 9.45. The molecule has 0 N–H and O–H groups in total. The molecule has 0 amide bonds. The van der Waals surface area contributed by atoms with Crippen LogP contribution < -0.4 is 0 Å². The van der Waals surface area contributed by atoms with Gasteiger partial charge in [-0.1, -0.05) is 27.7 Å². The third-order valence-corrected chi connectivity index (χ3v) is 3.43. The van der Waals surface area contributed by atoms with Crippen molar-refractivity contribution in [3.8, 4) is 0 Å². The van der Waals surface area contributed by atoms with Crippen molar-refractivity contribution in [3.05, 3.63) is 6.42 Å². The molecule has 1 radical (unpaired) electrons. The molecule has 12 heavy (non-hydrogen) atoms. The van der Waals surface area contributed by atoms with Gasteiger partial charge >= 0.3 is 0 Å². The van der Waals surface area contributed by atoms with Crippen molar-refractivity contribution in [3.63, 3.8) is 0 Å². The SMILES string of the molecule is CC(C)C1C[CH]CC(C(C)C)C1. The molecule has 0 heteroatoms. The van der Waals surface area contributed by atoms with Crippen LogP contribution >= 0.6 is 0 Å². The first kappa shape index (κ1) is 10.1. The van der Waals surface area contributed by atoms with Crippen LogP contribution in [-0.4, -0.2) is 0 Å². The van der Waals surface area contributed by atoms with E-state index in [4.69, 9.17) is 0 Å². The fourth-order valence-electron chi connectivity index (χ4n) is 2.19. The Labute approximate surface area is 77.7 Å². The van der Waals surface area contributed by atoms with E-state index in [1.807, 2.05) is 0 Å². The summed E-state index contributed by atoms with van der Waals surface area (Å²) < 4.78 is 0. The van der Waals surface area contributed by atoms with E-state index in [0.29, 0.717) is 0 Å². The Morgan fingerprint density at radius 1 is 0.917 bits per heavy atom. The van der Waals surface area contributed by atoms with Crippen molar-refractivity contribution in [1.29, 1.82) is 0 Å². The molecule has 1 aliphatic rings. The molecule has 71 valence electrons. The highest BCUT2D eigenvalue weighted by Crippen LogP contribution is 2.36. The van der Waals surface area contributed by atoms with E-state index in [1.165, 1.54) is 19.3 Å². The minimum absolute atomic E-state index is 0.878. The Balaban J connectivity index is 2.40. The quantitative estimate of drug-likeness (QED) is 0.585. The normalized spacial score (nSPS) is 31.5. The third kappa shape index (κ3) is 2.50. The van der Waals surface area contributed by atoms with E-state index in [9.17, 15) is 0 Å². The lowest BCUT2D eigenvalue weighted by Gasteiger charge is -2.33. The van der Waals surface area contributed by atoms with Gasteiger partial charge in [-0.3, -0.25) is 0 Å². The highest BCUT2D eigenvalue weighted by atomic mass is 14.3. The zero-order valence-electron chi connectivity index (χ0n) is 9.01. The molecule has 0 aromatic carbocycles. The first-order chi connectivity index (χ1) is 5.61. The van der Waals surface area contributed by atoms with Gasteiger partial charge in [0.1, 0.15) is 0 Å². The molecule has 1 saturated carbocycles. The molecule has 0 aromatic heterocycles. The van der Waals surface area contributed by atoms with Crippen LogP contribution in [0.3, 0.4) is 0 Å². The van der Waals surface area contributed by atoms with E-state index in [-0.39, 0.29) is 0 Å². The van der Waals surface area contributed by atoms with Gasteiger partial charge in [0, 0.05) is 0 Å². The van der Waals surface area contributed by atoms with Crippen LogP contribution in [0.4, 0.5) is 0 Å². The molecule has 0 aromatic rings. The summed E-state index contributed by atoms with van der Waals surface area (Å²) in [4.78, 5) is 0. The van der Waals surface area contributed by atoms with Crippen LogP contribution in [0.25, 0.3) is 0 Å². The molecule has 2 unspecified atom stereocenters. The second kappa shape index (κ2) is 4.30. The molecule has 0 bridgehead atoms. The highest BCUT2D eigenvalue weighted by Gasteiger charge is 2.25. The van der Waals surface area contributed by atoms with Gasteiger partial charge in [0.15, 0.2) is 0 Å². The first-order valence-electron chi connectivity index (χ1n) is 5.43. The van der Waals surface area contributed by atoms with Gasteiger partial charge < -0.3 is 0 Å². The van der Waals surface area contributed by atoms with Crippen molar-refractivity contribution >= 4 is 0 Å². The van der Waals surface area contributed by atoms with Gasteiger partial charge in [0.05, 0.1) is 0 Å². The van der Waals surface area contributed by atoms with Crippen LogP contribution in [0, 0.1) is 30.1 Å². The van der Waals surface area contributed by atoms with Crippen LogP contribution in [0.2, 0.25) is 0 Å². The predicted molar refractivity (Wildman–Crippen MR) is 54.8 cm³/mol. The second-order valence-corrected chi connectivity index (χ2v) is 5.00. The van der Waals surface area contributed by atoms with Gasteiger partial charge in [-0.2, -0.15) is 0 Å². The first-order valence-corrected chi connectivity index (χ1v) is 5.43. The van der Waals surface area contributed by atoms with Crippen molar-refractivity contribution in [1.82, 2.24) is 0 Å². The monoisotopic (exact) mass is 167 g/mol. The second-order valence-electron chi connectivity index (χ2n) is 5.00. The third-order valence-electron chi connectivity index (χ3n) is 3.43. The van der Waals surface area contributed by atoms with Gasteiger partial charge in [0.2, 0.25) is 0 Å². The molecule has 1 fully saturated rings. The Morgan fingerprint density at radius 2 is 1.33 bits per heavy atom. The van der Waals surface area contributed by atoms with E-state index in [2.05, 4.69) is 34.1 Å². The smallest absolute Gasteiger partial charge is 0.0380 e. The van der Waals surface area contributed by atoms with Gasteiger partial charge in [-0.25, -0.2) is 0 Å². The zero-order valence-corrected chi connectivity index (χ0v) is 9.01. The number of rotatable bonds is 2. The summed E-state index contributed by atoms with van der Waals surface area (Å²) in [5.41, 5.74) is 0. The average molecular weight is 167 g/mol. The average Bonchev–Trinajstić information content (AvgIpc) is 2.04. The standard InChI is InChI=1S/C12H23/c1-9(2)11-6-5-7-12(8-11)10(3)4/h5,9-12H,6-8H2,1-4H3. The van der Waals surface area contributed by atoms with Gasteiger partial charge in [-0.05, 0) is 49.4 Å². The zero-order chi connectivity index (χ0) is 9.14. The van der Waals surface area contributed by atoms with E-state index in [0.717, 1.165) is 23.7 Å². The maximum absolute atomic E-state index is 2.51. The Kier molecular flexibility index (Phi) is 3.61. The van der Waals surface area contributed by atoms with Crippen LogP contribution in [0.5, 0.6) is 0 Å². The molecule has 0 saturated heterocycles. The lowest BCUT2D eigenvalue weighted by atomic mass is 9.72. The lowest BCUT2D eigenvalue weighted by Crippen LogP contribution is -2.23. The van der Waals surface area contributed by atoms with Crippen LogP contribution in [-0.2, 0) is 0 Å². The summed E-state index contributed by atoms with van der Waals surface area (Å²) in [5, 5.41) is 0. The fraction of sp³-hybridized carbons (Fsp3) is 0.917. The summed E-state index contributed by atoms with van der Waals surface area (Å²) in [6.07, 6.45) is 6.70. The van der Waals surface area contributed by atoms with E-state index >= 15 is 0 Å². The topological polar surface area (TPSA) is 0 Å². The van der Waals surface area contributed by atoms with E-state index in [1.54, 1.807) is 0 Å². The molecule has 0 nitrogen and oxygen atoms in total. The largest absolute Gasteiger partial charge is 0.0625 e. The number of hydrogen-bond donors (Lipinski definition) is 0. The predicted octanol–water partition coefficient (Wildman–Crippen LogP) is 3.92. The lowest BCUT2D eigenvalue weighted by molar-refractivity contribution is 0.211. The summed E-state index contributed by atoms with van der Waals surface area (Å²) in [7, 11) is 0. The molecule has 1 rings (SSSR count). The maximum atomic E-state index is 2.51. The van der Waals surface area contributed by atoms with E-state index < -0.39 is 0 Å². The highest BCUT2D eigenvalue weighted by molar-refractivity contribution is 4.85. The summed E-state index contributed by atoms with van der Waals surface area (Å²) in [5.74, 6) is 3.68. The van der Waals surface area contributed by atoms with Crippen molar-refractivity contribution in [2.45, 2.75) is 47.0 Å². The molecule has 1 aliphatic carbocycles. The molecular weight excluding hydrogens is 144 g/mol. The summed E-state index contributed by atoms with van der Waals surface area (Å²) in [6, 6.07) is 0. The molecule has 0 spiro atoms. The summed E-state index contributed by atoms with van der Waals surface area (Å²) >= 11 is 0. The van der Waals surface area contributed by atoms with Crippen LogP contribution in [0.1, 0.15) is 47.0 Å². The van der Waals surface area contributed by atoms with Gasteiger partial charge in [-0.15, -0.1) is 0 Å². The minimum Gasteiger partial charge on any atom is -0.0625 e. The number of hydrogen-bond acceptors (Lipinski definition) is 0. The molecular formula is C12H23. The van der Waals surface area contributed by atoms with Gasteiger partial charge in [0.25, 0.3) is 0 Å². The molecule has 2 atom stereocenters. The Hall–Kier alpha value is 0. The Morgan fingerprint density at radius 3 is 1.67 bits per heavy atom. The van der Waals surface area contributed by atoms with Crippen molar-refractivity contribution < 1.29 is 0 Å². The molecule has 0 aliphatic heterocycles. The van der Waals surface area contributed by atoms with Crippen LogP contribution in [0.15, 0.2) is 0 Å². The minimum atomic E-state index is 0.878.